The highest BCUT2D eigenvalue weighted by Crippen LogP contribution is 2.25. The molecule has 2 aliphatic rings. The first kappa shape index (κ1) is 23.3. The number of aliphatic imine (C=N–C) groups is 2. The Kier molecular flexibility index (Phi) is 7.82. The zero-order valence-electron chi connectivity index (χ0n) is 18.2. The number of hydrogen-bond donors (Lipinski definition) is 4. The molecule has 1 fully saturated rings. The topological polar surface area (TPSA) is 144 Å². The van der Waals surface area contributed by atoms with Crippen molar-refractivity contribution in [2.24, 2.45) is 27.2 Å². The molecule has 0 atom stereocenters. The molecular formula is C22H30FN7O2. The van der Waals surface area contributed by atoms with E-state index < -0.39 is 11.8 Å². The van der Waals surface area contributed by atoms with Gasteiger partial charge in [-0.3, -0.25) is 4.99 Å². The van der Waals surface area contributed by atoms with Crippen LogP contribution in [0.15, 0.2) is 45.7 Å². The van der Waals surface area contributed by atoms with Crippen molar-refractivity contribution < 1.29 is 13.9 Å². The molecule has 9 nitrogen and oxygen atoms in total. The SMILES string of the molecule is CN=CC(=CN)c1ccc(N=C(N)C2=C(NC3CCOCC3)CCN(C(N)=O)C2)c(F)c1. The van der Waals surface area contributed by atoms with Gasteiger partial charge in [0.05, 0.1) is 6.54 Å². The van der Waals surface area contributed by atoms with Crippen molar-refractivity contribution in [1.82, 2.24) is 10.2 Å². The minimum absolute atomic E-state index is 0.0881. The number of halogens is 1. The van der Waals surface area contributed by atoms with Gasteiger partial charge in [0.15, 0.2) is 0 Å². The van der Waals surface area contributed by atoms with E-state index in [4.69, 9.17) is 21.9 Å². The van der Waals surface area contributed by atoms with Crippen molar-refractivity contribution in [2.75, 3.05) is 33.4 Å². The summed E-state index contributed by atoms with van der Waals surface area (Å²) >= 11 is 0. The number of amidine groups is 1. The number of carbonyl (C=O) groups is 1. The summed E-state index contributed by atoms with van der Waals surface area (Å²) in [6, 6.07) is 4.28. The van der Waals surface area contributed by atoms with E-state index in [0.29, 0.717) is 42.9 Å². The van der Waals surface area contributed by atoms with Crippen LogP contribution in [0.3, 0.4) is 0 Å². The number of carbonyl (C=O) groups excluding carboxylic acids is 1. The largest absolute Gasteiger partial charge is 0.404 e. The number of rotatable bonds is 6. The van der Waals surface area contributed by atoms with E-state index in [2.05, 4.69) is 15.3 Å². The molecule has 1 aromatic carbocycles. The number of nitrogens with two attached hydrogens (primary N) is 3. The van der Waals surface area contributed by atoms with Gasteiger partial charge in [0.1, 0.15) is 17.3 Å². The second kappa shape index (κ2) is 10.8. The van der Waals surface area contributed by atoms with E-state index in [9.17, 15) is 9.18 Å². The standard InChI is InChI=1S/C22H30FN7O2/c1-27-12-15(11-24)14-2-3-20(18(23)10-14)29-21(25)17-13-30(22(26)31)7-4-19(17)28-16-5-8-32-9-6-16/h2-3,10-12,16,28H,4-9,13,24H2,1H3,(H2,25,29)(H2,26,31). The molecule has 32 heavy (non-hydrogen) atoms. The molecule has 10 heteroatoms. The highest BCUT2D eigenvalue weighted by molar-refractivity contribution is 6.09. The second-order valence-corrected chi connectivity index (χ2v) is 7.67. The molecule has 3 rings (SSSR count). The number of primary amides is 1. The van der Waals surface area contributed by atoms with Crippen molar-refractivity contribution in [3.8, 4) is 0 Å². The summed E-state index contributed by atoms with van der Waals surface area (Å²) in [5.41, 5.74) is 20.2. The number of urea groups is 1. The zero-order valence-corrected chi connectivity index (χ0v) is 18.2. The smallest absolute Gasteiger partial charge is 0.315 e. The second-order valence-electron chi connectivity index (χ2n) is 7.67. The van der Waals surface area contributed by atoms with Crippen molar-refractivity contribution in [3.63, 3.8) is 0 Å². The minimum atomic E-state index is -0.545. The summed E-state index contributed by atoms with van der Waals surface area (Å²) in [4.78, 5) is 21.5. The summed E-state index contributed by atoms with van der Waals surface area (Å²) in [6.07, 6.45) is 5.22. The first-order valence-corrected chi connectivity index (χ1v) is 10.5. The molecule has 0 spiro atoms. The summed E-state index contributed by atoms with van der Waals surface area (Å²) in [6.45, 7) is 2.07. The van der Waals surface area contributed by atoms with Gasteiger partial charge >= 0.3 is 6.03 Å². The normalized spacial score (nSPS) is 19.0. The quantitative estimate of drug-likeness (QED) is 0.390. The van der Waals surface area contributed by atoms with Crippen molar-refractivity contribution >= 4 is 29.3 Å². The molecule has 7 N–H and O–H groups in total. The van der Waals surface area contributed by atoms with Gasteiger partial charge in [-0.05, 0) is 30.5 Å². The monoisotopic (exact) mass is 443 g/mol. The van der Waals surface area contributed by atoms with Crippen LogP contribution in [0.4, 0.5) is 14.9 Å². The third-order valence-corrected chi connectivity index (χ3v) is 5.54. The Morgan fingerprint density at radius 2 is 2.06 bits per heavy atom. The molecule has 172 valence electrons. The van der Waals surface area contributed by atoms with Crippen LogP contribution in [0, 0.1) is 5.82 Å². The molecule has 1 aromatic rings. The lowest BCUT2D eigenvalue weighted by atomic mass is 10.0. The number of nitrogens with one attached hydrogen (secondary N) is 1. The van der Waals surface area contributed by atoms with Crippen molar-refractivity contribution in [3.05, 3.63) is 47.0 Å². The molecule has 2 amide bonds. The molecule has 1 saturated heterocycles. The Bertz CT molecular complexity index is 965. The lowest BCUT2D eigenvalue weighted by Gasteiger charge is -2.33. The Hall–Kier alpha value is -3.40. The van der Waals surface area contributed by atoms with Gasteiger partial charge in [0.2, 0.25) is 0 Å². The van der Waals surface area contributed by atoms with Crippen molar-refractivity contribution in [1.29, 1.82) is 0 Å². The van der Waals surface area contributed by atoms with Crippen LogP contribution in [-0.4, -0.2) is 62.4 Å². The maximum absolute atomic E-state index is 14.8. The Labute approximate surface area is 186 Å². The Morgan fingerprint density at radius 3 is 2.69 bits per heavy atom. The van der Waals surface area contributed by atoms with Crippen LogP contribution >= 0.6 is 0 Å². The van der Waals surface area contributed by atoms with Gasteiger partial charge in [-0.2, -0.15) is 0 Å². The Balaban J connectivity index is 1.91. The first-order valence-electron chi connectivity index (χ1n) is 10.5. The fourth-order valence-corrected chi connectivity index (χ4v) is 3.76. The number of ether oxygens (including phenoxy) is 1. The average molecular weight is 444 g/mol. The zero-order chi connectivity index (χ0) is 23.1. The van der Waals surface area contributed by atoms with Gasteiger partial charge in [-0.1, -0.05) is 6.07 Å². The number of nitrogens with zero attached hydrogens (tertiary/aromatic N) is 3. The fourth-order valence-electron chi connectivity index (χ4n) is 3.76. The molecule has 0 bridgehead atoms. The summed E-state index contributed by atoms with van der Waals surface area (Å²) < 4.78 is 20.2. The maximum Gasteiger partial charge on any atom is 0.315 e. The average Bonchev–Trinajstić information content (AvgIpc) is 2.79. The number of benzene rings is 1. The molecular weight excluding hydrogens is 413 g/mol. The first-order chi connectivity index (χ1) is 15.4. The van der Waals surface area contributed by atoms with Crippen LogP contribution in [0.1, 0.15) is 24.8 Å². The predicted octanol–water partition coefficient (Wildman–Crippen LogP) is 1.62. The van der Waals surface area contributed by atoms with Gasteiger partial charge in [-0.15, -0.1) is 0 Å². The maximum atomic E-state index is 14.8. The van der Waals surface area contributed by atoms with Crippen LogP contribution in [0.25, 0.3) is 5.57 Å². The molecule has 0 saturated carbocycles. The number of allylic oxidation sites excluding steroid dienone is 1. The van der Waals surface area contributed by atoms with Gasteiger partial charge in [-0.25, -0.2) is 14.2 Å². The molecule has 0 aliphatic carbocycles. The van der Waals surface area contributed by atoms with Crippen LogP contribution in [0.5, 0.6) is 0 Å². The van der Waals surface area contributed by atoms with Crippen LogP contribution < -0.4 is 22.5 Å². The lowest BCUT2D eigenvalue weighted by molar-refractivity contribution is 0.0798. The molecule has 0 radical (unpaired) electrons. The van der Waals surface area contributed by atoms with Gasteiger partial charge in [0.25, 0.3) is 0 Å². The third kappa shape index (κ3) is 5.64. The highest BCUT2D eigenvalue weighted by Gasteiger charge is 2.26. The number of amides is 2. The van der Waals surface area contributed by atoms with Crippen molar-refractivity contribution in [2.45, 2.75) is 25.3 Å². The molecule has 2 heterocycles. The van der Waals surface area contributed by atoms with E-state index in [1.807, 2.05) is 0 Å². The molecule has 0 aromatic heterocycles. The summed E-state index contributed by atoms with van der Waals surface area (Å²) in [5, 5.41) is 3.52. The van der Waals surface area contributed by atoms with Gasteiger partial charge in [0, 0.05) is 68.5 Å². The highest BCUT2D eigenvalue weighted by atomic mass is 19.1. The van der Waals surface area contributed by atoms with Gasteiger partial charge < -0.3 is 32.2 Å². The summed E-state index contributed by atoms with van der Waals surface area (Å²) in [5.74, 6) is -0.404. The third-order valence-electron chi connectivity index (χ3n) is 5.54. The minimum Gasteiger partial charge on any atom is -0.404 e. The predicted molar refractivity (Wildman–Crippen MR) is 124 cm³/mol. The molecule has 0 unspecified atom stereocenters. The van der Waals surface area contributed by atoms with E-state index in [1.54, 1.807) is 19.3 Å². The fraction of sp³-hybridized carbons (Fsp3) is 0.409. The van der Waals surface area contributed by atoms with E-state index in [-0.39, 0.29) is 24.1 Å². The van der Waals surface area contributed by atoms with E-state index >= 15 is 0 Å². The number of hydrogen-bond acceptors (Lipinski definition) is 6. The van der Waals surface area contributed by atoms with E-state index in [0.717, 1.165) is 18.5 Å². The van der Waals surface area contributed by atoms with E-state index in [1.165, 1.54) is 23.2 Å². The van der Waals surface area contributed by atoms with Crippen LogP contribution in [0.2, 0.25) is 0 Å². The Morgan fingerprint density at radius 1 is 1.31 bits per heavy atom. The lowest BCUT2D eigenvalue weighted by Crippen LogP contribution is -2.46. The van der Waals surface area contributed by atoms with Crippen LogP contribution in [-0.2, 0) is 4.74 Å². The molecule has 2 aliphatic heterocycles. The summed E-state index contributed by atoms with van der Waals surface area (Å²) in [7, 11) is 1.61.